The number of pyridine rings is 1. The number of fused-ring (bicyclic) bond motifs is 1. The van der Waals surface area contributed by atoms with Gasteiger partial charge in [0, 0.05) is 0 Å². The average Bonchev–Trinajstić information content (AvgIpc) is 3.34. The molecule has 1 unspecified atom stereocenters. The second-order valence-electron chi connectivity index (χ2n) is 7.62. The Balaban J connectivity index is 1.65. The Bertz CT molecular complexity index is 1540. The van der Waals surface area contributed by atoms with Crippen molar-refractivity contribution in [1.29, 1.82) is 0 Å². The number of nitrogens with two attached hydrogens (primary N) is 1. The van der Waals surface area contributed by atoms with Gasteiger partial charge in [0.15, 0.2) is 5.82 Å². The summed E-state index contributed by atoms with van der Waals surface area (Å²) in [6.45, 7) is 0.434. The fraction of sp³-hybridized carbons (Fsp3) is 0.182. The van der Waals surface area contributed by atoms with Crippen molar-refractivity contribution in [3.8, 4) is 11.8 Å². The van der Waals surface area contributed by atoms with Gasteiger partial charge in [0.2, 0.25) is 16.0 Å². The molecule has 0 bridgehead atoms. The SMILES string of the molecule is CC(Nc1nc(NCC(F)(F)F)c2nc(C#Cc3cnc[nH]3)ccc2n1)c1ccc(S(N)(=O)=O)cc1. The van der Waals surface area contributed by atoms with E-state index in [1.165, 1.54) is 24.7 Å². The largest absolute Gasteiger partial charge is 0.405 e. The van der Waals surface area contributed by atoms with Gasteiger partial charge in [0.1, 0.15) is 23.4 Å². The van der Waals surface area contributed by atoms with E-state index < -0.39 is 28.8 Å². The Labute approximate surface area is 203 Å². The number of sulfonamides is 1. The smallest absolute Gasteiger partial charge is 0.359 e. The molecule has 0 amide bonds. The first-order valence-electron chi connectivity index (χ1n) is 10.4. The molecule has 0 aliphatic carbocycles. The Morgan fingerprint density at radius 3 is 2.47 bits per heavy atom. The van der Waals surface area contributed by atoms with Crippen LogP contribution in [-0.4, -0.2) is 46.1 Å². The van der Waals surface area contributed by atoms with Gasteiger partial charge in [-0.25, -0.2) is 28.5 Å². The number of aromatic nitrogens is 5. The van der Waals surface area contributed by atoms with E-state index in [0.29, 0.717) is 22.5 Å². The van der Waals surface area contributed by atoms with Crippen LogP contribution in [-0.2, 0) is 10.0 Å². The molecular weight excluding hydrogens is 497 g/mol. The van der Waals surface area contributed by atoms with Crippen molar-refractivity contribution in [1.82, 2.24) is 24.9 Å². The second kappa shape index (κ2) is 9.80. The van der Waals surface area contributed by atoms with Gasteiger partial charge in [-0.05, 0) is 48.6 Å². The number of primary sulfonamides is 1. The highest BCUT2D eigenvalue weighted by molar-refractivity contribution is 7.89. The van der Waals surface area contributed by atoms with Crippen LogP contribution in [0.3, 0.4) is 0 Å². The number of hydrogen-bond donors (Lipinski definition) is 4. The predicted octanol–water partition coefficient (Wildman–Crippen LogP) is 2.94. The molecular formula is C22H19F3N8O2S. The van der Waals surface area contributed by atoms with Gasteiger partial charge in [-0.1, -0.05) is 12.1 Å². The molecule has 36 heavy (non-hydrogen) atoms. The molecule has 0 aliphatic heterocycles. The quantitative estimate of drug-likeness (QED) is 0.286. The minimum Gasteiger partial charge on any atom is -0.359 e. The van der Waals surface area contributed by atoms with Gasteiger partial charge < -0.3 is 15.6 Å². The second-order valence-corrected chi connectivity index (χ2v) is 9.19. The maximum absolute atomic E-state index is 12.9. The van der Waals surface area contributed by atoms with E-state index in [-0.39, 0.29) is 22.2 Å². The number of hydrogen-bond acceptors (Lipinski definition) is 8. The van der Waals surface area contributed by atoms with Crippen LogP contribution in [0.5, 0.6) is 0 Å². The number of aromatic amines is 1. The first-order valence-corrected chi connectivity index (χ1v) is 11.9. The number of rotatable bonds is 6. The lowest BCUT2D eigenvalue weighted by Gasteiger charge is -2.17. The molecule has 10 nitrogen and oxygen atoms in total. The summed E-state index contributed by atoms with van der Waals surface area (Å²) in [5, 5.41) is 10.4. The standard InChI is InChI=1S/C22H19F3N8O2S/c1-13(14-2-7-17(8-3-14)36(26,34)35)30-21-32-18-9-6-15(4-5-16-10-27-12-29-16)31-19(18)20(33-21)28-11-22(23,24)25/h2-3,6-10,12-13H,11H2,1H3,(H,27,29)(H2,26,34,35)(H2,28,30,32,33). The topological polar surface area (TPSA) is 152 Å². The summed E-state index contributed by atoms with van der Waals surface area (Å²) in [6, 6.07) is 8.59. The van der Waals surface area contributed by atoms with Crippen molar-refractivity contribution in [2.45, 2.75) is 24.0 Å². The Morgan fingerprint density at radius 1 is 1.08 bits per heavy atom. The first kappa shape index (κ1) is 24.9. The van der Waals surface area contributed by atoms with E-state index in [1.807, 2.05) is 0 Å². The lowest BCUT2D eigenvalue weighted by Crippen LogP contribution is -2.22. The maximum Gasteiger partial charge on any atom is 0.405 e. The minimum atomic E-state index is -4.48. The van der Waals surface area contributed by atoms with Crippen molar-refractivity contribution in [3.63, 3.8) is 0 Å². The number of nitrogens with zero attached hydrogens (tertiary/aromatic N) is 4. The number of anilines is 2. The van der Waals surface area contributed by atoms with E-state index in [2.05, 4.69) is 47.4 Å². The minimum absolute atomic E-state index is 0.0449. The Hall–Kier alpha value is -4.22. The number of H-pyrrole nitrogens is 1. The van der Waals surface area contributed by atoms with Crippen molar-refractivity contribution < 1.29 is 21.6 Å². The zero-order valence-electron chi connectivity index (χ0n) is 18.6. The number of imidazole rings is 1. The predicted molar refractivity (Wildman–Crippen MR) is 126 cm³/mol. The van der Waals surface area contributed by atoms with Gasteiger partial charge in [0.25, 0.3) is 0 Å². The molecule has 14 heteroatoms. The normalized spacial score (nSPS) is 12.6. The van der Waals surface area contributed by atoms with Crippen LogP contribution in [0.15, 0.2) is 53.8 Å². The van der Waals surface area contributed by atoms with Crippen molar-refractivity contribution in [2.75, 3.05) is 17.2 Å². The molecule has 0 saturated heterocycles. The van der Waals surface area contributed by atoms with Crippen LogP contribution in [0.1, 0.15) is 29.9 Å². The van der Waals surface area contributed by atoms with E-state index in [0.717, 1.165) is 0 Å². The van der Waals surface area contributed by atoms with Gasteiger partial charge >= 0.3 is 6.18 Å². The number of halogens is 3. The lowest BCUT2D eigenvalue weighted by atomic mass is 10.1. The number of benzene rings is 1. The molecule has 4 rings (SSSR count). The molecule has 186 valence electrons. The third-order valence-electron chi connectivity index (χ3n) is 4.88. The molecule has 3 heterocycles. The zero-order valence-corrected chi connectivity index (χ0v) is 19.4. The third kappa shape index (κ3) is 6.26. The van der Waals surface area contributed by atoms with E-state index >= 15 is 0 Å². The summed E-state index contributed by atoms with van der Waals surface area (Å²) in [7, 11) is -3.84. The summed E-state index contributed by atoms with van der Waals surface area (Å²) in [4.78, 5) is 19.5. The Morgan fingerprint density at radius 2 is 1.83 bits per heavy atom. The van der Waals surface area contributed by atoms with E-state index in [9.17, 15) is 21.6 Å². The summed E-state index contributed by atoms with van der Waals surface area (Å²) < 4.78 is 61.7. The van der Waals surface area contributed by atoms with Crippen LogP contribution in [0, 0.1) is 11.8 Å². The summed E-state index contributed by atoms with van der Waals surface area (Å²) in [6.07, 6.45) is -1.49. The van der Waals surface area contributed by atoms with Gasteiger partial charge in [-0.2, -0.15) is 18.2 Å². The summed E-state index contributed by atoms with van der Waals surface area (Å²) >= 11 is 0. The van der Waals surface area contributed by atoms with Gasteiger partial charge in [-0.15, -0.1) is 0 Å². The molecule has 0 aliphatic rings. The van der Waals surface area contributed by atoms with E-state index in [4.69, 9.17) is 5.14 Å². The average molecular weight is 517 g/mol. The monoisotopic (exact) mass is 516 g/mol. The van der Waals surface area contributed by atoms with Crippen LogP contribution in [0.4, 0.5) is 24.9 Å². The molecule has 0 saturated carbocycles. The van der Waals surface area contributed by atoms with Crippen molar-refractivity contribution in [3.05, 3.63) is 65.9 Å². The molecule has 1 atom stereocenters. The fourth-order valence-electron chi connectivity index (χ4n) is 3.13. The van der Waals surface area contributed by atoms with Crippen molar-refractivity contribution in [2.24, 2.45) is 5.14 Å². The van der Waals surface area contributed by atoms with Gasteiger partial charge in [0.05, 0.1) is 29.0 Å². The zero-order chi connectivity index (χ0) is 25.9. The van der Waals surface area contributed by atoms with Gasteiger partial charge in [-0.3, -0.25) is 0 Å². The molecule has 3 aromatic heterocycles. The highest BCUT2D eigenvalue weighted by Crippen LogP contribution is 2.25. The van der Waals surface area contributed by atoms with Crippen LogP contribution >= 0.6 is 0 Å². The molecule has 0 radical (unpaired) electrons. The highest BCUT2D eigenvalue weighted by Gasteiger charge is 2.27. The van der Waals surface area contributed by atoms with Crippen LogP contribution in [0.25, 0.3) is 11.0 Å². The molecule has 0 fully saturated rings. The highest BCUT2D eigenvalue weighted by atomic mass is 32.2. The number of nitrogens with one attached hydrogen (secondary N) is 3. The fourth-order valence-corrected chi connectivity index (χ4v) is 3.65. The molecule has 0 spiro atoms. The maximum atomic E-state index is 12.9. The number of alkyl halides is 3. The van der Waals surface area contributed by atoms with E-state index in [1.54, 1.807) is 31.2 Å². The van der Waals surface area contributed by atoms with Crippen molar-refractivity contribution >= 4 is 32.8 Å². The third-order valence-corrected chi connectivity index (χ3v) is 5.81. The summed E-state index contributed by atoms with van der Waals surface area (Å²) in [5.74, 6) is 5.56. The molecule has 1 aromatic carbocycles. The molecule has 5 N–H and O–H groups in total. The van der Waals surface area contributed by atoms with Crippen LogP contribution < -0.4 is 15.8 Å². The summed E-state index contributed by atoms with van der Waals surface area (Å²) in [5.41, 5.74) is 1.94. The van der Waals surface area contributed by atoms with Crippen LogP contribution in [0.2, 0.25) is 0 Å². The lowest BCUT2D eigenvalue weighted by molar-refractivity contribution is -0.115. The Kier molecular flexibility index (Phi) is 6.77. The first-order chi connectivity index (χ1) is 17.0. The molecule has 4 aromatic rings.